The number of anilines is 1. The van der Waals surface area contributed by atoms with Gasteiger partial charge in [-0.1, -0.05) is 0 Å². The van der Waals surface area contributed by atoms with Gasteiger partial charge in [0.1, 0.15) is 15.5 Å². The molecule has 0 aliphatic carbocycles. The molecule has 1 aliphatic heterocycles. The minimum absolute atomic E-state index is 0.206. The number of carbonyl (C=O) groups is 1. The molecule has 2 aromatic heterocycles. The van der Waals surface area contributed by atoms with Crippen molar-refractivity contribution in [2.75, 3.05) is 37.7 Å². The van der Waals surface area contributed by atoms with Crippen molar-refractivity contribution in [2.24, 2.45) is 0 Å². The number of nitrogens with zero attached hydrogens (tertiary/aromatic N) is 3. The third-order valence-corrected chi connectivity index (χ3v) is 4.96. The van der Waals surface area contributed by atoms with Crippen LogP contribution in [0.15, 0.2) is 0 Å². The molecular weight excluding hydrogens is 324 g/mol. The van der Waals surface area contributed by atoms with Gasteiger partial charge in [-0.3, -0.25) is 0 Å². The molecule has 0 amide bonds. The highest BCUT2D eigenvalue weighted by Gasteiger charge is 2.24. The number of hydrogen-bond donors (Lipinski definition) is 1. The van der Waals surface area contributed by atoms with E-state index >= 15 is 0 Å². The lowest BCUT2D eigenvalue weighted by Crippen LogP contribution is -2.44. The molecule has 1 aliphatic rings. The smallest absolute Gasteiger partial charge is 0.348 e. The summed E-state index contributed by atoms with van der Waals surface area (Å²) in [6.07, 6.45) is 0. The fraction of sp³-hybridized carbons (Fsp3) is 0.500. The Bertz CT molecular complexity index is 712. The third-order valence-electron chi connectivity index (χ3n) is 3.62. The van der Waals surface area contributed by atoms with E-state index in [4.69, 9.17) is 16.3 Å². The highest BCUT2D eigenvalue weighted by Crippen LogP contribution is 2.36. The summed E-state index contributed by atoms with van der Waals surface area (Å²) in [6, 6.07) is 0. The van der Waals surface area contributed by atoms with Crippen molar-refractivity contribution < 1.29 is 9.53 Å². The highest BCUT2D eigenvalue weighted by molar-refractivity contribution is 7.20. The molecule has 2 aromatic rings. The van der Waals surface area contributed by atoms with Crippen molar-refractivity contribution in [1.29, 1.82) is 0 Å². The van der Waals surface area contributed by atoms with Crippen molar-refractivity contribution in [3.63, 3.8) is 0 Å². The standard InChI is InChI=1S/C14H17ClN4O2S/c1-3-21-13(20)10-8(2)9-11(19-6-4-16-5-7-19)17-14(15)18-12(9)22-10/h16H,3-7H2,1-2H3. The van der Waals surface area contributed by atoms with Crippen LogP contribution in [0.4, 0.5) is 5.82 Å². The fourth-order valence-electron chi connectivity index (χ4n) is 2.59. The summed E-state index contributed by atoms with van der Waals surface area (Å²) in [4.78, 5) is 24.3. The Morgan fingerprint density at radius 1 is 1.41 bits per heavy atom. The second-order valence-electron chi connectivity index (χ2n) is 5.01. The van der Waals surface area contributed by atoms with Gasteiger partial charge in [0, 0.05) is 26.2 Å². The topological polar surface area (TPSA) is 67.3 Å². The van der Waals surface area contributed by atoms with Gasteiger partial charge in [-0.15, -0.1) is 11.3 Å². The molecule has 0 saturated carbocycles. The summed E-state index contributed by atoms with van der Waals surface area (Å²) in [7, 11) is 0. The van der Waals surface area contributed by atoms with E-state index in [0.717, 1.165) is 47.8 Å². The predicted octanol–water partition coefficient (Wildman–Crippen LogP) is 2.24. The number of piperazine rings is 1. The van der Waals surface area contributed by atoms with Gasteiger partial charge in [0.15, 0.2) is 0 Å². The minimum Gasteiger partial charge on any atom is -0.462 e. The molecular formula is C14H17ClN4O2S. The fourth-order valence-corrected chi connectivity index (χ4v) is 3.87. The first-order valence-electron chi connectivity index (χ1n) is 7.21. The summed E-state index contributed by atoms with van der Waals surface area (Å²) < 4.78 is 5.12. The van der Waals surface area contributed by atoms with Crippen LogP contribution in [-0.4, -0.2) is 48.7 Å². The summed E-state index contributed by atoms with van der Waals surface area (Å²) >= 11 is 7.38. The van der Waals surface area contributed by atoms with E-state index in [1.165, 1.54) is 11.3 Å². The van der Waals surface area contributed by atoms with Crippen LogP contribution in [-0.2, 0) is 4.74 Å². The van der Waals surface area contributed by atoms with Gasteiger partial charge in [-0.25, -0.2) is 9.78 Å². The molecule has 0 spiro atoms. The molecule has 8 heteroatoms. The van der Waals surface area contributed by atoms with E-state index in [-0.39, 0.29) is 11.3 Å². The Kier molecular flexibility index (Phi) is 4.46. The zero-order chi connectivity index (χ0) is 15.7. The Labute approximate surface area is 137 Å². The molecule has 22 heavy (non-hydrogen) atoms. The van der Waals surface area contributed by atoms with Crippen LogP contribution in [0.1, 0.15) is 22.2 Å². The first-order valence-corrected chi connectivity index (χ1v) is 8.40. The van der Waals surface area contributed by atoms with Gasteiger partial charge in [0.25, 0.3) is 0 Å². The van der Waals surface area contributed by atoms with Crippen molar-refractivity contribution in [3.8, 4) is 0 Å². The Morgan fingerprint density at radius 3 is 2.82 bits per heavy atom. The van der Waals surface area contributed by atoms with Gasteiger partial charge in [0.05, 0.1) is 12.0 Å². The second-order valence-corrected chi connectivity index (χ2v) is 6.35. The summed E-state index contributed by atoms with van der Waals surface area (Å²) in [5.74, 6) is 0.492. The normalized spacial score (nSPS) is 15.3. The van der Waals surface area contributed by atoms with Crippen LogP contribution >= 0.6 is 22.9 Å². The molecule has 6 nitrogen and oxygen atoms in total. The zero-order valence-electron chi connectivity index (χ0n) is 12.5. The summed E-state index contributed by atoms with van der Waals surface area (Å²) in [6.45, 7) is 7.56. The highest BCUT2D eigenvalue weighted by atomic mass is 35.5. The lowest BCUT2D eigenvalue weighted by molar-refractivity contribution is 0.0531. The number of aromatic nitrogens is 2. The van der Waals surface area contributed by atoms with E-state index in [1.807, 2.05) is 6.92 Å². The number of hydrogen-bond acceptors (Lipinski definition) is 7. The van der Waals surface area contributed by atoms with Gasteiger partial charge < -0.3 is 15.0 Å². The SMILES string of the molecule is CCOC(=O)c1sc2nc(Cl)nc(N3CCNCC3)c2c1C. The monoisotopic (exact) mass is 340 g/mol. The molecule has 0 unspecified atom stereocenters. The van der Waals surface area contributed by atoms with Crippen LogP contribution in [0.5, 0.6) is 0 Å². The van der Waals surface area contributed by atoms with Crippen LogP contribution in [0, 0.1) is 6.92 Å². The lowest BCUT2D eigenvalue weighted by atomic mass is 10.2. The van der Waals surface area contributed by atoms with Crippen LogP contribution in [0.3, 0.4) is 0 Å². The van der Waals surface area contributed by atoms with Gasteiger partial charge in [-0.05, 0) is 31.0 Å². The number of halogens is 1. The molecule has 1 fully saturated rings. The van der Waals surface area contributed by atoms with Gasteiger partial charge in [0.2, 0.25) is 5.28 Å². The number of fused-ring (bicyclic) bond motifs is 1. The van der Waals surface area contributed by atoms with Crippen molar-refractivity contribution in [1.82, 2.24) is 15.3 Å². The number of nitrogens with one attached hydrogen (secondary N) is 1. The Balaban J connectivity index is 2.13. The first kappa shape index (κ1) is 15.5. The molecule has 0 aromatic carbocycles. The Hall–Kier alpha value is -1.44. The van der Waals surface area contributed by atoms with Crippen LogP contribution in [0.25, 0.3) is 10.2 Å². The number of thiophene rings is 1. The van der Waals surface area contributed by atoms with E-state index < -0.39 is 0 Å². The van der Waals surface area contributed by atoms with Crippen molar-refractivity contribution in [3.05, 3.63) is 15.7 Å². The van der Waals surface area contributed by atoms with E-state index in [9.17, 15) is 4.79 Å². The molecule has 3 heterocycles. The van der Waals surface area contributed by atoms with Crippen molar-refractivity contribution >= 4 is 44.9 Å². The predicted molar refractivity (Wildman–Crippen MR) is 88.2 cm³/mol. The number of rotatable bonds is 3. The Morgan fingerprint density at radius 2 is 2.14 bits per heavy atom. The number of esters is 1. The van der Waals surface area contributed by atoms with E-state index in [2.05, 4.69) is 20.2 Å². The van der Waals surface area contributed by atoms with Gasteiger partial charge in [-0.2, -0.15) is 4.98 Å². The first-order chi connectivity index (χ1) is 10.6. The molecule has 0 bridgehead atoms. The second kappa shape index (κ2) is 6.36. The number of aryl methyl sites for hydroxylation is 1. The summed E-state index contributed by atoms with van der Waals surface area (Å²) in [5, 5.41) is 4.42. The maximum Gasteiger partial charge on any atom is 0.348 e. The van der Waals surface area contributed by atoms with Crippen LogP contribution in [0.2, 0.25) is 5.28 Å². The molecule has 118 valence electrons. The molecule has 0 atom stereocenters. The third kappa shape index (κ3) is 2.76. The molecule has 1 N–H and O–H groups in total. The maximum absolute atomic E-state index is 12.1. The molecule has 1 saturated heterocycles. The van der Waals surface area contributed by atoms with Crippen molar-refractivity contribution in [2.45, 2.75) is 13.8 Å². The number of carbonyl (C=O) groups excluding carboxylic acids is 1. The van der Waals surface area contributed by atoms with E-state index in [1.54, 1.807) is 6.92 Å². The largest absolute Gasteiger partial charge is 0.462 e. The molecule has 3 rings (SSSR count). The summed E-state index contributed by atoms with van der Waals surface area (Å²) in [5.41, 5.74) is 0.864. The quantitative estimate of drug-likeness (QED) is 0.682. The molecule has 0 radical (unpaired) electrons. The lowest BCUT2D eigenvalue weighted by Gasteiger charge is -2.29. The van der Waals surface area contributed by atoms with E-state index in [0.29, 0.717) is 11.5 Å². The van der Waals surface area contributed by atoms with Crippen LogP contribution < -0.4 is 10.2 Å². The average Bonchev–Trinajstić information content (AvgIpc) is 2.84. The average molecular weight is 341 g/mol. The minimum atomic E-state index is -0.314. The maximum atomic E-state index is 12.1. The van der Waals surface area contributed by atoms with Gasteiger partial charge >= 0.3 is 5.97 Å². The number of ether oxygens (including phenoxy) is 1. The zero-order valence-corrected chi connectivity index (χ0v) is 14.1.